The molecule has 0 spiro atoms. The number of benzene rings is 1. The number of carboxylic acids is 1. The van der Waals surface area contributed by atoms with E-state index in [4.69, 9.17) is 5.11 Å². The van der Waals surface area contributed by atoms with Crippen LogP contribution < -0.4 is 10.6 Å². The number of carboxylic acid groups (broad SMARTS) is 1. The lowest BCUT2D eigenvalue weighted by molar-refractivity contribution is -0.135. The highest BCUT2D eigenvalue weighted by atomic mass is 16.4. The topological polar surface area (TPSA) is 95.5 Å². The molecule has 0 atom stereocenters. The van der Waals surface area contributed by atoms with Gasteiger partial charge in [0.1, 0.15) is 6.54 Å². The maximum absolute atomic E-state index is 11.9. The van der Waals surface area contributed by atoms with Crippen LogP contribution in [0.1, 0.15) is 42.5 Å². The van der Waals surface area contributed by atoms with Gasteiger partial charge in [-0.1, -0.05) is 12.8 Å². The van der Waals surface area contributed by atoms with E-state index in [1.54, 1.807) is 24.3 Å². The van der Waals surface area contributed by atoms with Gasteiger partial charge in [-0.05, 0) is 43.0 Å². The Hall–Kier alpha value is -2.37. The van der Waals surface area contributed by atoms with Gasteiger partial charge >= 0.3 is 5.97 Å². The summed E-state index contributed by atoms with van der Waals surface area (Å²) >= 11 is 0. The van der Waals surface area contributed by atoms with Gasteiger partial charge in [0.2, 0.25) is 5.91 Å². The van der Waals surface area contributed by atoms with Crippen molar-refractivity contribution in [2.75, 3.05) is 11.9 Å². The number of hydrogen-bond donors (Lipinski definition) is 3. The molecule has 0 unspecified atom stereocenters. The highest BCUT2D eigenvalue weighted by Gasteiger charge is 2.18. The zero-order valence-electron chi connectivity index (χ0n) is 12.3. The first-order chi connectivity index (χ1) is 10.5. The van der Waals surface area contributed by atoms with Crippen LogP contribution in [0.15, 0.2) is 24.3 Å². The van der Waals surface area contributed by atoms with Gasteiger partial charge in [0.05, 0.1) is 0 Å². The number of hydrogen-bond acceptors (Lipinski definition) is 3. The third-order valence-electron chi connectivity index (χ3n) is 3.78. The van der Waals surface area contributed by atoms with Gasteiger partial charge < -0.3 is 15.7 Å². The summed E-state index contributed by atoms with van der Waals surface area (Å²) in [6.07, 6.45) is 5.20. The Morgan fingerprint density at radius 1 is 1.09 bits per heavy atom. The summed E-state index contributed by atoms with van der Waals surface area (Å²) in [6, 6.07) is 6.40. The molecule has 1 aliphatic rings. The molecule has 22 heavy (non-hydrogen) atoms. The van der Waals surface area contributed by atoms with Gasteiger partial charge in [-0.3, -0.25) is 14.4 Å². The normalized spacial score (nSPS) is 14.5. The lowest BCUT2D eigenvalue weighted by atomic mass is 10.0. The fourth-order valence-corrected chi connectivity index (χ4v) is 2.65. The van der Waals surface area contributed by atoms with E-state index in [0.29, 0.717) is 23.6 Å². The minimum Gasteiger partial charge on any atom is -0.480 e. The third kappa shape index (κ3) is 4.87. The summed E-state index contributed by atoms with van der Waals surface area (Å²) in [7, 11) is 0. The van der Waals surface area contributed by atoms with Gasteiger partial charge in [-0.25, -0.2) is 0 Å². The number of carbonyl (C=O) groups excluding carboxylic acids is 2. The van der Waals surface area contributed by atoms with Crippen molar-refractivity contribution < 1.29 is 19.5 Å². The Morgan fingerprint density at radius 2 is 1.73 bits per heavy atom. The highest BCUT2D eigenvalue weighted by molar-refractivity contribution is 5.97. The second kappa shape index (κ2) is 7.59. The number of amides is 2. The summed E-state index contributed by atoms with van der Waals surface area (Å²) in [5.74, 6) is -1.06. The van der Waals surface area contributed by atoms with E-state index in [9.17, 15) is 14.4 Å². The van der Waals surface area contributed by atoms with E-state index in [-0.39, 0.29) is 5.91 Å². The van der Waals surface area contributed by atoms with Crippen molar-refractivity contribution >= 4 is 23.5 Å². The van der Waals surface area contributed by atoms with Crippen LogP contribution in [0.4, 0.5) is 5.69 Å². The molecule has 1 saturated carbocycles. The minimum absolute atomic E-state index is 0.00465. The zero-order chi connectivity index (χ0) is 15.9. The molecule has 3 N–H and O–H groups in total. The maximum Gasteiger partial charge on any atom is 0.322 e. The summed E-state index contributed by atoms with van der Waals surface area (Å²) in [5.41, 5.74) is 0.993. The molecule has 0 bridgehead atoms. The van der Waals surface area contributed by atoms with Gasteiger partial charge in [0.15, 0.2) is 0 Å². The lowest BCUT2D eigenvalue weighted by Crippen LogP contribution is -2.29. The van der Waals surface area contributed by atoms with Crippen molar-refractivity contribution in [3.05, 3.63) is 29.8 Å². The van der Waals surface area contributed by atoms with Crippen LogP contribution in [-0.4, -0.2) is 29.4 Å². The molecule has 1 fully saturated rings. The molecule has 1 aliphatic carbocycles. The highest BCUT2D eigenvalue weighted by Crippen LogP contribution is 2.27. The Bertz CT molecular complexity index is 548. The largest absolute Gasteiger partial charge is 0.480 e. The molecule has 118 valence electrons. The van der Waals surface area contributed by atoms with E-state index in [1.165, 1.54) is 12.8 Å². The quantitative estimate of drug-likeness (QED) is 0.749. The lowest BCUT2D eigenvalue weighted by Gasteiger charge is -2.10. The average Bonchev–Trinajstić information content (AvgIpc) is 2.98. The van der Waals surface area contributed by atoms with Crippen LogP contribution in [-0.2, 0) is 9.59 Å². The molecular formula is C16H20N2O4. The summed E-state index contributed by atoms with van der Waals surface area (Å²) in [6.45, 7) is -0.418. The second-order valence-electron chi connectivity index (χ2n) is 5.56. The van der Waals surface area contributed by atoms with Crippen LogP contribution in [0.25, 0.3) is 0 Å². The monoisotopic (exact) mass is 304 g/mol. The van der Waals surface area contributed by atoms with Crippen LogP contribution in [0.2, 0.25) is 0 Å². The van der Waals surface area contributed by atoms with Gasteiger partial charge in [-0.2, -0.15) is 0 Å². The van der Waals surface area contributed by atoms with Crippen LogP contribution in [0.3, 0.4) is 0 Å². The van der Waals surface area contributed by atoms with E-state index >= 15 is 0 Å². The van der Waals surface area contributed by atoms with E-state index in [1.807, 2.05) is 0 Å². The molecule has 6 nitrogen and oxygen atoms in total. The molecule has 1 aromatic rings. The van der Waals surface area contributed by atoms with Gasteiger partial charge in [0, 0.05) is 17.7 Å². The number of aliphatic carboxylic acids is 1. The number of rotatable bonds is 6. The smallest absolute Gasteiger partial charge is 0.322 e. The van der Waals surface area contributed by atoms with E-state index < -0.39 is 18.4 Å². The van der Waals surface area contributed by atoms with Crippen molar-refractivity contribution in [1.29, 1.82) is 0 Å². The molecule has 1 aromatic carbocycles. The molecule has 2 amide bonds. The van der Waals surface area contributed by atoms with E-state index in [2.05, 4.69) is 10.6 Å². The molecule has 6 heteroatoms. The predicted octanol–water partition coefficient (Wildman–Crippen LogP) is 2.02. The minimum atomic E-state index is -1.09. The molecular weight excluding hydrogens is 284 g/mol. The summed E-state index contributed by atoms with van der Waals surface area (Å²) in [5, 5.41) is 13.6. The average molecular weight is 304 g/mol. The van der Waals surface area contributed by atoms with Crippen LogP contribution in [0.5, 0.6) is 0 Å². The summed E-state index contributed by atoms with van der Waals surface area (Å²) < 4.78 is 0. The Balaban J connectivity index is 1.84. The third-order valence-corrected chi connectivity index (χ3v) is 3.78. The van der Waals surface area contributed by atoms with E-state index in [0.717, 1.165) is 12.8 Å². The Labute approximate surface area is 128 Å². The first-order valence-electron chi connectivity index (χ1n) is 7.44. The van der Waals surface area contributed by atoms with Crippen molar-refractivity contribution in [2.45, 2.75) is 32.1 Å². The SMILES string of the molecule is O=C(O)CNC(=O)c1ccc(NC(=O)CC2CCCC2)cc1. The van der Waals surface area contributed by atoms with Crippen molar-refractivity contribution in [1.82, 2.24) is 5.32 Å². The maximum atomic E-state index is 11.9. The van der Waals surface area contributed by atoms with Crippen molar-refractivity contribution in [3.8, 4) is 0 Å². The fraction of sp³-hybridized carbons (Fsp3) is 0.438. The zero-order valence-corrected chi connectivity index (χ0v) is 12.3. The molecule has 0 aliphatic heterocycles. The fourth-order valence-electron chi connectivity index (χ4n) is 2.65. The number of carbonyl (C=O) groups is 3. The molecule has 0 heterocycles. The van der Waals surface area contributed by atoms with Gasteiger partial charge in [-0.15, -0.1) is 0 Å². The second-order valence-corrected chi connectivity index (χ2v) is 5.56. The number of anilines is 1. The van der Waals surface area contributed by atoms with Crippen LogP contribution in [0, 0.1) is 5.92 Å². The standard InChI is InChI=1S/C16H20N2O4/c19-14(9-11-3-1-2-4-11)18-13-7-5-12(6-8-13)16(22)17-10-15(20)21/h5-8,11H,1-4,9-10H2,(H,17,22)(H,18,19)(H,20,21). The molecule has 0 aromatic heterocycles. The van der Waals surface area contributed by atoms with Gasteiger partial charge in [0.25, 0.3) is 5.91 Å². The number of nitrogens with one attached hydrogen (secondary N) is 2. The first-order valence-corrected chi connectivity index (χ1v) is 7.44. The van der Waals surface area contributed by atoms with Crippen molar-refractivity contribution in [2.24, 2.45) is 5.92 Å². The molecule has 0 radical (unpaired) electrons. The van der Waals surface area contributed by atoms with Crippen molar-refractivity contribution in [3.63, 3.8) is 0 Å². The van der Waals surface area contributed by atoms with Crippen LogP contribution >= 0.6 is 0 Å². The Morgan fingerprint density at radius 3 is 2.32 bits per heavy atom. The predicted molar refractivity (Wildman–Crippen MR) is 81.6 cm³/mol. The molecule has 2 rings (SSSR count). The summed E-state index contributed by atoms with van der Waals surface area (Å²) in [4.78, 5) is 34.0. The first kappa shape index (κ1) is 16.0. The Kier molecular flexibility index (Phi) is 5.52. The molecule has 0 saturated heterocycles.